The summed E-state index contributed by atoms with van der Waals surface area (Å²) >= 11 is 12.8. The van der Waals surface area contributed by atoms with Crippen LogP contribution in [0.4, 0.5) is 4.79 Å². The molecule has 0 N–H and O–H groups in total. The van der Waals surface area contributed by atoms with Crippen LogP contribution in [-0.2, 0) is 24.2 Å². The number of hydrogen-bond acceptors (Lipinski definition) is 4. The van der Waals surface area contributed by atoms with Crippen molar-refractivity contribution in [2.75, 3.05) is 0 Å². The highest BCUT2D eigenvalue weighted by molar-refractivity contribution is 6.32. The largest absolute Gasteiger partial charge is 0.444 e. The summed E-state index contributed by atoms with van der Waals surface area (Å²) in [7, 11) is 0. The zero-order chi connectivity index (χ0) is 22.7. The van der Waals surface area contributed by atoms with Crippen LogP contribution in [0.15, 0.2) is 60.8 Å². The molecule has 0 saturated heterocycles. The molecule has 32 heavy (non-hydrogen) atoms. The molecule has 4 aromatic rings. The third-order valence-corrected chi connectivity index (χ3v) is 5.70. The predicted molar refractivity (Wildman–Crippen MR) is 127 cm³/mol. The highest BCUT2D eigenvalue weighted by atomic mass is 35.5. The van der Waals surface area contributed by atoms with E-state index < -0.39 is 6.09 Å². The second-order valence-electron chi connectivity index (χ2n) is 8.06. The average molecular weight is 468 g/mol. The van der Waals surface area contributed by atoms with Gasteiger partial charge >= 0.3 is 6.09 Å². The lowest BCUT2D eigenvalue weighted by Gasteiger charge is -2.09. The van der Waals surface area contributed by atoms with Crippen LogP contribution < -0.4 is 0 Å². The van der Waals surface area contributed by atoms with Crippen molar-refractivity contribution in [2.24, 2.45) is 5.92 Å². The molecule has 2 aromatic carbocycles. The first-order chi connectivity index (χ1) is 15.4. The van der Waals surface area contributed by atoms with Gasteiger partial charge in [0.2, 0.25) is 0 Å². The molecule has 0 unspecified atom stereocenters. The molecule has 2 heterocycles. The molecule has 0 aliphatic heterocycles. The molecule has 0 saturated carbocycles. The predicted octanol–water partition coefficient (Wildman–Crippen LogP) is 6.71. The van der Waals surface area contributed by atoms with Gasteiger partial charge in [0.05, 0.1) is 16.9 Å². The number of carbonyl (C=O) groups excluding carboxylic acids is 1. The minimum Gasteiger partial charge on any atom is -0.444 e. The van der Waals surface area contributed by atoms with Gasteiger partial charge in [0.15, 0.2) is 10.3 Å². The van der Waals surface area contributed by atoms with Crippen molar-refractivity contribution >= 4 is 40.2 Å². The third-order valence-electron chi connectivity index (χ3n) is 5.10. The number of benzene rings is 2. The molecule has 2 aromatic heterocycles. The highest BCUT2D eigenvalue weighted by Crippen LogP contribution is 2.27. The topological polar surface area (TPSA) is 57.0 Å². The van der Waals surface area contributed by atoms with E-state index in [1.165, 1.54) is 4.57 Å². The normalized spacial score (nSPS) is 11.3. The van der Waals surface area contributed by atoms with Crippen LogP contribution in [0.3, 0.4) is 0 Å². The molecule has 0 fully saturated rings. The molecular weight excluding hydrogens is 445 g/mol. The zero-order valence-electron chi connectivity index (χ0n) is 17.9. The Morgan fingerprint density at radius 2 is 1.62 bits per heavy atom. The molecule has 0 spiro atoms. The lowest BCUT2D eigenvalue weighted by molar-refractivity contribution is 0.142. The second kappa shape index (κ2) is 9.72. The van der Waals surface area contributed by atoms with Gasteiger partial charge in [-0.3, -0.25) is 4.57 Å². The number of rotatable bonds is 6. The van der Waals surface area contributed by atoms with E-state index in [0.717, 1.165) is 22.0 Å². The van der Waals surface area contributed by atoms with Gasteiger partial charge in [-0.15, -0.1) is 0 Å². The molecule has 0 radical (unpaired) electrons. The number of aromatic nitrogens is 3. The minimum absolute atomic E-state index is 0.200. The number of fused-ring (bicyclic) bond motifs is 1. The van der Waals surface area contributed by atoms with Crippen LogP contribution in [0.1, 0.15) is 36.4 Å². The lowest BCUT2D eigenvalue weighted by Crippen LogP contribution is -2.12. The van der Waals surface area contributed by atoms with Crippen LogP contribution >= 0.6 is 23.2 Å². The summed E-state index contributed by atoms with van der Waals surface area (Å²) in [4.78, 5) is 21.8. The van der Waals surface area contributed by atoms with Gasteiger partial charge in [0, 0.05) is 18.0 Å². The number of halogens is 2. The molecule has 164 valence electrons. The first kappa shape index (κ1) is 22.3. The summed E-state index contributed by atoms with van der Waals surface area (Å²) < 4.78 is 7.05. The van der Waals surface area contributed by atoms with Crippen molar-refractivity contribution in [1.29, 1.82) is 0 Å². The summed E-state index contributed by atoms with van der Waals surface area (Å²) in [6.07, 6.45) is 2.43. The Hall–Kier alpha value is -2.89. The smallest absolute Gasteiger partial charge is 0.418 e. The van der Waals surface area contributed by atoms with E-state index in [2.05, 4.69) is 23.8 Å². The Balaban J connectivity index is 1.62. The lowest BCUT2D eigenvalue weighted by atomic mass is 10.1. The first-order valence-corrected chi connectivity index (χ1v) is 11.2. The Morgan fingerprint density at radius 3 is 2.38 bits per heavy atom. The number of para-hydroxylation sites is 1. The van der Waals surface area contributed by atoms with E-state index in [0.29, 0.717) is 40.5 Å². The summed E-state index contributed by atoms with van der Waals surface area (Å²) in [5, 5.41) is 1.61. The van der Waals surface area contributed by atoms with Crippen LogP contribution in [0.25, 0.3) is 10.9 Å². The maximum Gasteiger partial charge on any atom is 0.418 e. The molecule has 0 atom stereocenters. The van der Waals surface area contributed by atoms with Gasteiger partial charge < -0.3 is 4.74 Å². The van der Waals surface area contributed by atoms with Crippen molar-refractivity contribution in [3.05, 3.63) is 93.6 Å². The maximum absolute atomic E-state index is 12.8. The quantitative estimate of drug-likeness (QED) is 0.316. The summed E-state index contributed by atoms with van der Waals surface area (Å²) in [5.74, 6) is 0.392. The standard InChI is InChI=1S/C25H23Cl2N3O2/c1-16(2)12-20-23(26)29-21(24(27)28-20)13-18-14-30(22-11-7-6-10-19(18)22)25(31)32-15-17-8-4-3-5-9-17/h3-11,14,16H,12-13,15H2,1-2H3. The molecule has 0 amide bonds. The van der Waals surface area contributed by atoms with E-state index in [4.69, 9.17) is 27.9 Å². The van der Waals surface area contributed by atoms with Crippen molar-refractivity contribution in [1.82, 2.24) is 14.5 Å². The molecule has 0 aliphatic carbocycles. The van der Waals surface area contributed by atoms with Crippen LogP contribution in [0.5, 0.6) is 0 Å². The molecular formula is C25H23Cl2N3O2. The van der Waals surface area contributed by atoms with Crippen LogP contribution in [0, 0.1) is 5.92 Å². The van der Waals surface area contributed by atoms with E-state index in [1.54, 1.807) is 6.20 Å². The highest BCUT2D eigenvalue weighted by Gasteiger charge is 2.18. The second-order valence-corrected chi connectivity index (χ2v) is 8.77. The van der Waals surface area contributed by atoms with Gasteiger partial charge in [0.25, 0.3) is 0 Å². The monoisotopic (exact) mass is 467 g/mol. The Bertz CT molecular complexity index is 1250. The summed E-state index contributed by atoms with van der Waals surface area (Å²) in [6.45, 7) is 4.38. The SMILES string of the molecule is CC(C)Cc1nc(Cl)c(Cc2cn(C(=O)OCc3ccccc3)c3ccccc23)nc1Cl. The minimum atomic E-state index is -0.446. The molecule has 0 bridgehead atoms. The third kappa shape index (κ3) is 4.95. The zero-order valence-corrected chi connectivity index (χ0v) is 19.4. The van der Waals surface area contributed by atoms with Crippen molar-refractivity contribution in [2.45, 2.75) is 33.3 Å². The number of hydrogen-bond donors (Lipinski definition) is 0. The average Bonchev–Trinajstić information content (AvgIpc) is 3.14. The van der Waals surface area contributed by atoms with Gasteiger partial charge in [-0.2, -0.15) is 0 Å². The van der Waals surface area contributed by atoms with Gasteiger partial charge in [-0.25, -0.2) is 14.8 Å². The van der Waals surface area contributed by atoms with Crippen molar-refractivity contribution < 1.29 is 9.53 Å². The summed E-state index contributed by atoms with van der Waals surface area (Å²) in [6, 6.07) is 17.2. The molecule has 0 aliphatic rings. The summed E-state index contributed by atoms with van der Waals surface area (Å²) in [5.41, 5.74) is 3.84. The maximum atomic E-state index is 12.8. The Labute approximate surface area is 197 Å². The van der Waals surface area contributed by atoms with Crippen molar-refractivity contribution in [3.63, 3.8) is 0 Å². The van der Waals surface area contributed by atoms with Gasteiger partial charge in [-0.05, 0) is 29.5 Å². The number of carbonyl (C=O) groups is 1. The van der Waals surface area contributed by atoms with Gasteiger partial charge in [-0.1, -0.05) is 85.6 Å². The Kier molecular flexibility index (Phi) is 6.77. The van der Waals surface area contributed by atoms with E-state index in [-0.39, 0.29) is 6.61 Å². The Morgan fingerprint density at radius 1 is 0.969 bits per heavy atom. The molecule has 7 heteroatoms. The number of ether oxygens (including phenoxy) is 1. The fourth-order valence-corrected chi connectivity index (χ4v) is 4.03. The van der Waals surface area contributed by atoms with E-state index in [9.17, 15) is 4.79 Å². The van der Waals surface area contributed by atoms with E-state index in [1.807, 2.05) is 54.6 Å². The van der Waals surface area contributed by atoms with Crippen LogP contribution in [-0.4, -0.2) is 20.6 Å². The first-order valence-electron chi connectivity index (χ1n) is 10.4. The fraction of sp³-hybridized carbons (Fsp3) is 0.240. The van der Waals surface area contributed by atoms with Crippen molar-refractivity contribution in [3.8, 4) is 0 Å². The fourth-order valence-electron chi connectivity index (χ4n) is 3.60. The van der Waals surface area contributed by atoms with E-state index >= 15 is 0 Å². The number of nitrogens with zero attached hydrogens (tertiary/aromatic N) is 3. The molecule has 5 nitrogen and oxygen atoms in total. The molecule has 4 rings (SSSR count). The van der Waals surface area contributed by atoms with Gasteiger partial charge in [0.1, 0.15) is 6.61 Å². The van der Waals surface area contributed by atoms with Crippen LogP contribution in [0.2, 0.25) is 10.3 Å².